The van der Waals surface area contributed by atoms with E-state index in [0.717, 1.165) is 5.56 Å². The van der Waals surface area contributed by atoms with Crippen molar-refractivity contribution in [3.8, 4) is 17.2 Å². The number of fused-ring (bicyclic) bond motifs is 1. The molecular weight excluding hydrogens is 455 g/mol. The van der Waals surface area contributed by atoms with Crippen LogP contribution in [-0.2, 0) is 17.6 Å². The van der Waals surface area contributed by atoms with E-state index in [9.17, 15) is 19.3 Å². The predicted octanol–water partition coefficient (Wildman–Crippen LogP) is 3.04. The number of rotatable bonds is 8. The highest BCUT2D eigenvalue weighted by Crippen LogP contribution is 2.36. The lowest BCUT2D eigenvalue weighted by Crippen LogP contribution is -2.16. The summed E-state index contributed by atoms with van der Waals surface area (Å²) in [6.45, 7) is 0.0691. The maximum absolute atomic E-state index is 14.2. The van der Waals surface area contributed by atoms with Crippen LogP contribution >= 0.6 is 0 Å². The molecule has 0 saturated carbocycles. The van der Waals surface area contributed by atoms with Gasteiger partial charge in [0.05, 0.1) is 28.8 Å². The van der Waals surface area contributed by atoms with Crippen molar-refractivity contribution < 1.29 is 14.0 Å². The maximum Gasteiger partial charge on any atom is 0.171 e. The molecule has 0 bridgehead atoms. The van der Waals surface area contributed by atoms with E-state index < -0.39 is 17.0 Å². The molecular formula is C24H21FN6O2S. The van der Waals surface area contributed by atoms with Gasteiger partial charge in [0.15, 0.2) is 4.90 Å². The number of benzene rings is 2. The van der Waals surface area contributed by atoms with Crippen molar-refractivity contribution in [3.05, 3.63) is 71.9 Å². The van der Waals surface area contributed by atoms with Crippen LogP contribution in [0.5, 0.6) is 0 Å². The molecule has 0 unspecified atom stereocenters. The van der Waals surface area contributed by atoms with E-state index in [1.807, 2.05) is 36.4 Å². The molecule has 0 aliphatic carbocycles. The van der Waals surface area contributed by atoms with E-state index >= 15 is 0 Å². The van der Waals surface area contributed by atoms with E-state index in [2.05, 4.69) is 15.3 Å². The summed E-state index contributed by atoms with van der Waals surface area (Å²) in [4.78, 5) is 13.1. The lowest BCUT2D eigenvalue weighted by molar-refractivity contribution is 0.319. The Hall–Kier alpha value is -3.78. The summed E-state index contributed by atoms with van der Waals surface area (Å²) in [7, 11) is 0. The monoisotopic (exact) mass is 476 g/mol. The molecule has 4 N–H and O–H groups in total. The zero-order chi connectivity index (χ0) is 24.1. The Labute approximate surface area is 198 Å². The summed E-state index contributed by atoms with van der Waals surface area (Å²) in [6.07, 6.45) is 1.66. The molecule has 0 aliphatic heterocycles. The molecule has 0 radical (unpaired) electrons. The summed E-state index contributed by atoms with van der Waals surface area (Å²) < 4.78 is 27.4. The fourth-order valence-electron chi connectivity index (χ4n) is 3.70. The van der Waals surface area contributed by atoms with Crippen LogP contribution in [0, 0.1) is 17.1 Å². The summed E-state index contributed by atoms with van der Waals surface area (Å²) in [5, 5.41) is 22.3. The van der Waals surface area contributed by atoms with Gasteiger partial charge in [-0.05, 0) is 34.9 Å². The van der Waals surface area contributed by atoms with Gasteiger partial charge in [-0.25, -0.2) is 14.4 Å². The van der Waals surface area contributed by atoms with Crippen LogP contribution in [0.3, 0.4) is 0 Å². The first kappa shape index (κ1) is 23.4. The van der Waals surface area contributed by atoms with Crippen molar-refractivity contribution in [2.75, 3.05) is 30.0 Å². The van der Waals surface area contributed by atoms with Crippen molar-refractivity contribution >= 4 is 33.7 Å². The molecule has 4 aromatic rings. The number of aliphatic hydroxyl groups excluding tert-OH is 1. The molecule has 2 aromatic carbocycles. The van der Waals surface area contributed by atoms with E-state index in [1.165, 1.54) is 18.5 Å². The predicted molar refractivity (Wildman–Crippen MR) is 129 cm³/mol. The number of nitrogens with two attached hydrogens (primary N) is 1. The van der Waals surface area contributed by atoms with Crippen LogP contribution in [0.2, 0.25) is 0 Å². The fourth-order valence-corrected chi connectivity index (χ4v) is 4.94. The number of nitrogen functional groups attached to an aromatic ring is 1. The zero-order valence-corrected chi connectivity index (χ0v) is 18.8. The van der Waals surface area contributed by atoms with Crippen molar-refractivity contribution in [1.82, 2.24) is 15.0 Å². The Balaban J connectivity index is 1.82. The largest absolute Gasteiger partial charge is 0.611 e. The molecule has 4 rings (SSSR count). The second kappa shape index (κ2) is 10.4. The van der Waals surface area contributed by atoms with Gasteiger partial charge in [0.1, 0.15) is 41.2 Å². The molecule has 34 heavy (non-hydrogen) atoms. The number of nitrogens with one attached hydrogen (secondary N) is 1. The Kier molecular flexibility index (Phi) is 7.18. The summed E-state index contributed by atoms with van der Waals surface area (Å²) in [6, 6.07) is 15.5. The maximum atomic E-state index is 14.2. The molecule has 8 nitrogen and oxygen atoms in total. The minimum atomic E-state index is -1.60. The number of aromatic nitrogens is 3. The Morgan fingerprint density at radius 3 is 2.71 bits per heavy atom. The number of halogens is 1. The molecule has 172 valence electrons. The normalized spacial score (nSPS) is 11.8. The molecule has 0 amide bonds. The molecule has 0 aliphatic rings. The third-order valence-corrected chi connectivity index (χ3v) is 6.62. The van der Waals surface area contributed by atoms with E-state index in [-0.39, 0.29) is 23.7 Å². The lowest BCUT2D eigenvalue weighted by atomic mass is 9.99. The summed E-state index contributed by atoms with van der Waals surface area (Å²) in [5.74, 6) is -0.0603. The van der Waals surface area contributed by atoms with Crippen LogP contribution in [0.1, 0.15) is 11.3 Å². The highest BCUT2D eigenvalue weighted by atomic mass is 32.2. The first-order chi connectivity index (χ1) is 16.5. The molecule has 2 aromatic heterocycles. The highest BCUT2D eigenvalue weighted by molar-refractivity contribution is 7.91. The van der Waals surface area contributed by atoms with E-state index in [0.29, 0.717) is 45.8 Å². The first-order valence-electron chi connectivity index (χ1n) is 10.4. The van der Waals surface area contributed by atoms with Crippen LogP contribution in [0.25, 0.3) is 22.0 Å². The second-order valence-corrected chi connectivity index (χ2v) is 8.84. The van der Waals surface area contributed by atoms with Gasteiger partial charge < -0.3 is 20.7 Å². The highest BCUT2D eigenvalue weighted by Gasteiger charge is 2.26. The van der Waals surface area contributed by atoms with Gasteiger partial charge >= 0.3 is 0 Å². The SMILES string of the molecule is N#Cc1c(N)ncnc1NCCc1nc2ccc(F)cc2c([S@@+]([O-])CCO)c1-c1ccccc1. The summed E-state index contributed by atoms with van der Waals surface area (Å²) >= 11 is -1.60. The molecule has 10 heteroatoms. The number of aliphatic hydroxyl groups is 1. The van der Waals surface area contributed by atoms with Crippen LogP contribution < -0.4 is 11.1 Å². The van der Waals surface area contributed by atoms with Gasteiger partial charge in [0.25, 0.3) is 0 Å². The Morgan fingerprint density at radius 2 is 1.97 bits per heavy atom. The number of hydrogen-bond donors (Lipinski definition) is 3. The molecule has 0 fully saturated rings. The van der Waals surface area contributed by atoms with Crippen molar-refractivity contribution in [2.45, 2.75) is 11.3 Å². The topological polar surface area (TPSA) is 144 Å². The van der Waals surface area contributed by atoms with Crippen molar-refractivity contribution in [1.29, 1.82) is 5.26 Å². The van der Waals surface area contributed by atoms with Crippen molar-refractivity contribution in [2.24, 2.45) is 0 Å². The number of anilines is 2. The zero-order valence-electron chi connectivity index (χ0n) is 18.0. The van der Waals surface area contributed by atoms with E-state index in [1.54, 1.807) is 6.07 Å². The third-order valence-electron chi connectivity index (χ3n) is 5.18. The molecule has 0 spiro atoms. The number of pyridine rings is 1. The van der Waals surface area contributed by atoms with Crippen LogP contribution in [0.15, 0.2) is 59.8 Å². The van der Waals surface area contributed by atoms with Gasteiger partial charge in [-0.2, -0.15) is 5.26 Å². The van der Waals surface area contributed by atoms with Gasteiger partial charge in [0.2, 0.25) is 0 Å². The first-order valence-corrected chi connectivity index (χ1v) is 11.8. The smallest absolute Gasteiger partial charge is 0.171 e. The second-order valence-electron chi connectivity index (χ2n) is 7.33. The minimum absolute atomic E-state index is 0.0128. The average molecular weight is 477 g/mol. The van der Waals surface area contributed by atoms with Crippen LogP contribution in [-0.4, -0.2) is 43.5 Å². The quantitative estimate of drug-likeness (QED) is 0.329. The van der Waals surface area contributed by atoms with Gasteiger partial charge in [0, 0.05) is 13.0 Å². The fraction of sp³-hybridized carbons (Fsp3) is 0.167. The van der Waals surface area contributed by atoms with Crippen molar-refractivity contribution in [3.63, 3.8) is 0 Å². The lowest BCUT2D eigenvalue weighted by Gasteiger charge is -2.19. The van der Waals surface area contributed by atoms with Gasteiger partial charge in [-0.1, -0.05) is 30.3 Å². The molecule has 2 heterocycles. The third kappa shape index (κ3) is 4.77. The standard InChI is InChI=1S/C24H21FN6O2S/c25-16-6-7-19-17(12-16)22(34(33)11-10-32)21(15-4-2-1-3-5-15)20(31-19)8-9-28-24-18(13-26)23(27)29-14-30-24/h1-7,12,14,32H,8-11H2,(H3,27,28,29,30)/t34-/m0/s1. The number of hydrogen-bond acceptors (Lipinski definition) is 8. The molecule has 1 atom stereocenters. The molecule has 0 saturated heterocycles. The van der Waals surface area contributed by atoms with Gasteiger partial charge in [-0.15, -0.1) is 0 Å². The average Bonchev–Trinajstić information content (AvgIpc) is 2.84. The Morgan fingerprint density at radius 1 is 1.18 bits per heavy atom. The minimum Gasteiger partial charge on any atom is -0.611 e. The number of nitrogens with zero attached hydrogens (tertiary/aromatic N) is 4. The van der Waals surface area contributed by atoms with E-state index in [4.69, 9.17) is 10.7 Å². The van der Waals surface area contributed by atoms with Crippen LogP contribution in [0.4, 0.5) is 16.0 Å². The summed E-state index contributed by atoms with van der Waals surface area (Å²) in [5.41, 5.74) is 8.46. The number of nitriles is 1. The van der Waals surface area contributed by atoms with Gasteiger partial charge in [-0.3, -0.25) is 4.98 Å². The Bertz CT molecular complexity index is 1360.